The van der Waals surface area contributed by atoms with Gasteiger partial charge >= 0.3 is 5.97 Å². The molecule has 0 aliphatic rings. The first-order valence-corrected chi connectivity index (χ1v) is 6.81. The third-order valence-corrected chi connectivity index (χ3v) is 2.77. The number of anilines is 1. The molecule has 0 saturated heterocycles. The number of ether oxygens (including phenoxy) is 1. The average molecular weight is 276 g/mol. The molecule has 0 saturated carbocycles. The third kappa shape index (κ3) is 4.08. The van der Waals surface area contributed by atoms with Crippen LogP contribution in [0.25, 0.3) is 0 Å². The predicted octanol–water partition coefficient (Wildman–Crippen LogP) is 3.42. The van der Waals surface area contributed by atoms with Gasteiger partial charge in [-0.1, -0.05) is 13.8 Å². The molecular formula is C16H24N2O2. The SMILES string of the molecule is CC(C)Cc1c(C(=O)OC(C)(C)C)ccc(N)c1C=N. The predicted molar refractivity (Wildman–Crippen MR) is 82.5 cm³/mol. The molecule has 4 nitrogen and oxygen atoms in total. The molecule has 0 amide bonds. The summed E-state index contributed by atoms with van der Waals surface area (Å²) in [6.07, 6.45) is 1.89. The third-order valence-electron chi connectivity index (χ3n) is 2.77. The van der Waals surface area contributed by atoms with Gasteiger partial charge in [0.2, 0.25) is 0 Å². The number of nitrogens with one attached hydrogen (secondary N) is 1. The van der Waals surface area contributed by atoms with Gasteiger partial charge in [-0.15, -0.1) is 0 Å². The van der Waals surface area contributed by atoms with Gasteiger partial charge < -0.3 is 15.9 Å². The van der Waals surface area contributed by atoms with E-state index >= 15 is 0 Å². The molecule has 0 spiro atoms. The molecule has 0 atom stereocenters. The van der Waals surface area contributed by atoms with E-state index in [0.717, 1.165) is 5.56 Å². The molecule has 0 aromatic heterocycles. The maximum Gasteiger partial charge on any atom is 0.338 e. The molecule has 20 heavy (non-hydrogen) atoms. The van der Waals surface area contributed by atoms with Crippen molar-refractivity contribution in [2.24, 2.45) is 5.92 Å². The highest BCUT2D eigenvalue weighted by molar-refractivity contribution is 5.97. The van der Waals surface area contributed by atoms with Crippen LogP contribution in [0.3, 0.4) is 0 Å². The van der Waals surface area contributed by atoms with Crippen LogP contribution >= 0.6 is 0 Å². The molecule has 0 unspecified atom stereocenters. The van der Waals surface area contributed by atoms with Crippen LogP contribution < -0.4 is 5.73 Å². The number of rotatable bonds is 4. The number of hydrogen-bond acceptors (Lipinski definition) is 4. The Morgan fingerprint density at radius 1 is 1.40 bits per heavy atom. The van der Waals surface area contributed by atoms with Gasteiger partial charge in [0.15, 0.2) is 0 Å². The number of nitrogen functional groups attached to an aromatic ring is 1. The van der Waals surface area contributed by atoms with Crippen molar-refractivity contribution < 1.29 is 9.53 Å². The van der Waals surface area contributed by atoms with Crippen LogP contribution in [0.1, 0.15) is 56.1 Å². The van der Waals surface area contributed by atoms with E-state index in [0.29, 0.717) is 29.2 Å². The van der Waals surface area contributed by atoms with Gasteiger partial charge in [-0.05, 0) is 50.8 Å². The van der Waals surface area contributed by atoms with Gasteiger partial charge in [-0.25, -0.2) is 4.79 Å². The molecule has 0 bridgehead atoms. The highest BCUT2D eigenvalue weighted by atomic mass is 16.6. The minimum absolute atomic E-state index is 0.358. The summed E-state index contributed by atoms with van der Waals surface area (Å²) in [5, 5.41) is 7.53. The molecule has 0 aliphatic carbocycles. The topological polar surface area (TPSA) is 76.2 Å². The second-order valence-electron chi connectivity index (χ2n) is 6.34. The van der Waals surface area contributed by atoms with Crippen molar-refractivity contribution in [1.82, 2.24) is 0 Å². The molecule has 3 N–H and O–H groups in total. The number of hydrogen-bond donors (Lipinski definition) is 2. The number of esters is 1. The first-order chi connectivity index (χ1) is 9.15. The fourth-order valence-corrected chi connectivity index (χ4v) is 2.01. The molecule has 110 valence electrons. The maximum absolute atomic E-state index is 12.3. The normalized spacial score (nSPS) is 11.5. The molecule has 0 heterocycles. The first-order valence-electron chi connectivity index (χ1n) is 6.81. The van der Waals surface area contributed by atoms with Crippen LogP contribution in [0.4, 0.5) is 5.69 Å². The summed E-state index contributed by atoms with van der Waals surface area (Å²) < 4.78 is 5.43. The number of carbonyl (C=O) groups is 1. The lowest BCUT2D eigenvalue weighted by Crippen LogP contribution is -2.25. The summed E-state index contributed by atoms with van der Waals surface area (Å²) >= 11 is 0. The van der Waals surface area contributed by atoms with Crippen molar-refractivity contribution >= 4 is 17.9 Å². The highest BCUT2D eigenvalue weighted by Gasteiger charge is 2.22. The van der Waals surface area contributed by atoms with Crippen molar-refractivity contribution in [1.29, 1.82) is 5.41 Å². The zero-order chi connectivity index (χ0) is 15.5. The minimum Gasteiger partial charge on any atom is -0.456 e. The summed E-state index contributed by atoms with van der Waals surface area (Å²) in [7, 11) is 0. The minimum atomic E-state index is -0.543. The Morgan fingerprint density at radius 2 is 2.00 bits per heavy atom. The second kappa shape index (κ2) is 6.07. The summed E-state index contributed by atoms with van der Waals surface area (Å²) in [6.45, 7) is 9.64. The molecule has 4 heteroatoms. The van der Waals surface area contributed by atoms with E-state index in [1.165, 1.54) is 6.21 Å². The Kier molecular flexibility index (Phi) is 4.93. The van der Waals surface area contributed by atoms with Gasteiger partial charge in [-0.2, -0.15) is 0 Å². The monoisotopic (exact) mass is 276 g/mol. The van der Waals surface area contributed by atoms with Crippen molar-refractivity contribution in [3.05, 3.63) is 28.8 Å². The lowest BCUT2D eigenvalue weighted by atomic mass is 9.92. The van der Waals surface area contributed by atoms with E-state index in [1.807, 2.05) is 20.8 Å². The van der Waals surface area contributed by atoms with Gasteiger partial charge in [0.1, 0.15) is 5.60 Å². The Hall–Kier alpha value is -1.84. The lowest BCUT2D eigenvalue weighted by Gasteiger charge is -2.22. The van der Waals surface area contributed by atoms with Crippen molar-refractivity contribution in [3.8, 4) is 0 Å². The largest absolute Gasteiger partial charge is 0.456 e. The maximum atomic E-state index is 12.3. The van der Waals surface area contributed by atoms with Crippen LogP contribution in [0.2, 0.25) is 0 Å². The fraction of sp³-hybridized carbons (Fsp3) is 0.500. The molecule has 0 aliphatic heterocycles. The Labute approximate surface area is 120 Å². The lowest BCUT2D eigenvalue weighted by molar-refractivity contribution is 0.00682. The van der Waals surface area contributed by atoms with Gasteiger partial charge in [0, 0.05) is 17.5 Å². The zero-order valence-electron chi connectivity index (χ0n) is 12.9. The number of nitrogens with two attached hydrogens (primary N) is 1. The van der Waals surface area contributed by atoms with Crippen molar-refractivity contribution in [2.75, 3.05) is 5.73 Å². The average Bonchev–Trinajstić information content (AvgIpc) is 2.26. The standard InChI is InChI=1S/C16H24N2O2/c1-10(2)8-12-11(15(19)20-16(3,4)5)6-7-14(18)13(12)9-17/h6-7,9-10,17H,8,18H2,1-5H3. The summed E-state index contributed by atoms with van der Waals surface area (Å²) in [5.74, 6) is -0.00654. The Balaban J connectivity index is 3.31. The van der Waals surface area contributed by atoms with E-state index in [-0.39, 0.29) is 5.97 Å². The van der Waals surface area contributed by atoms with Crippen LogP contribution in [-0.4, -0.2) is 17.8 Å². The number of benzene rings is 1. The smallest absolute Gasteiger partial charge is 0.338 e. The summed E-state index contributed by atoms with van der Waals surface area (Å²) in [5.41, 5.74) is 7.78. The van der Waals surface area contributed by atoms with Gasteiger partial charge in [0.25, 0.3) is 0 Å². The first kappa shape index (κ1) is 16.2. The van der Waals surface area contributed by atoms with E-state index in [2.05, 4.69) is 13.8 Å². The van der Waals surface area contributed by atoms with E-state index in [1.54, 1.807) is 12.1 Å². The molecule has 0 fully saturated rings. The molecule has 1 aromatic carbocycles. The molecule has 1 aromatic rings. The zero-order valence-corrected chi connectivity index (χ0v) is 12.9. The van der Waals surface area contributed by atoms with Gasteiger partial charge in [0.05, 0.1) is 5.56 Å². The van der Waals surface area contributed by atoms with Crippen LogP contribution in [0.5, 0.6) is 0 Å². The van der Waals surface area contributed by atoms with E-state index in [4.69, 9.17) is 15.9 Å². The Morgan fingerprint density at radius 3 is 2.45 bits per heavy atom. The quantitative estimate of drug-likeness (QED) is 0.502. The van der Waals surface area contributed by atoms with Gasteiger partial charge in [-0.3, -0.25) is 0 Å². The summed E-state index contributed by atoms with van der Waals surface area (Å²) in [6, 6.07) is 3.34. The highest BCUT2D eigenvalue weighted by Crippen LogP contribution is 2.25. The van der Waals surface area contributed by atoms with Crippen LogP contribution in [-0.2, 0) is 11.2 Å². The molecular weight excluding hydrogens is 252 g/mol. The van der Waals surface area contributed by atoms with Crippen LogP contribution in [0.15, 0.2) is 12.1 Å². The molecule has 0 radical (unpaired) electrons. The fourth-order valence-electron chi connectivity index (χ4n) is 2.01. The van der Waals surface area contributed by atoms with Crippen LogP contribution in [0, 0.1) is 11.3 Å². The number of carbonyl (C=O) groups excluding carboxylic acids is 1. The molecule has 1 rings (SSSR count). The van der Waals surface area contributed by atoms with Crippen molar-refractivity contribution in [2.45, 2.75) is 46.6 Å². The van der Waals surface area contributed by atoms with E-state index in [9.17, 15) is 4.79 Å². The summed E-state index contributed by atoms with van der Waals surface area (Å²) in [4.78, 5) is 12.3. The van der Waals surface area contributed by atoms with E-state index < -0.39 is 5.60 Å². The second-order valence-corrected chi connectivity index (χ2v) is 6.34. The Bertz CT molecular complexity index is 514. The van der Waals surface area contributed by atoms with Crippen molar-refractivity contribution in [3.63, 3.8) is 0 Å².